The summed E-state index contributed by atoms with van der Waals surface area (Å²) in [6, 6.07) is 6.06. The maximum atomic E-state index is 5.71. The predicted octanol–water partition coefficient (Wildman–Crippen LogP) is 3.38. The Morgan fingerprint density at radius 2 is 2.17 bits per heavy atom. The molecule has 1 aromatic heterocycles. The maximum absolute atomic E-state index is 5.71. The molecule has 0 spiro atoms. The summed E-state index contributed by atoms with van der Waals surface area (Å²) >= 11 is 8.26. The first-order chi connectivity index (χ1) is 5.68. The van der Waals surface area contributed by atoms with Crippen LogP contribution in [0.3, 0.4) is 0 Å². The van der Waals surface area contributed by atoms with Gasteiger partial charge in [0.2, 0.25) is 0 Å². The lowest BCUT2D eigenvalue weighted by molar-refractivity contribution is 1.58. The number of fused-ring (bicyclic) bond motifs is 1. The highest BCUT2D eigenvalue weighted by Gasteiger charge is 2.05. The SMILES string of the molecule is Nc1cc2c(I)ccc(S)c2s1. The minimum atomic E-state index is 0.851. The first-order valence-electron chi connectivity index (χ1n) is 3.35. The summed E-state index contributed by atoms with van der Waals surface area (Å²) in [7, 11) is 0. The number of rotatable bonds is 0. The maximum Gasteiger partial charge on any atom is 0.0869 e. The molecule has 0 aliphatic heterocycles. The highest BCUT2D eigenvalue weighted by Crippen LogP contribution is 2.34. The second-order valence-electron chi connectivity index (χ2n) is 2.46. The Hall–Kier alpha value is 0.0600. The number of hydrogen-bond acceptors (Lipinski definition) is 3. The van der Waals surface area contributed by atoms with Gasteiger partial charge in [0.1, 0.15) is 0 Å². The number of thiol groups is 1. The van der Waals surface area contributed by atoms with Crippen LogP contribution in [0.15, 0.2) is 23.1 Å². The fourth-order valence-corrected chi connectivity index (χ4v) is 3.08. The van der Waals surface area contributed by atoms with Gasteiger partial charge in [-0.2, -0.15) is 0 Å². The third-order valence-electron chi connectivity index (χ3n) is 1.63. The molecular formula is C8H6INS2. The van der Waals surface area contributed by atoms with Crippen LogP contribution in [0.1, 0.15) is 0 Å². The van der Waals surface area contributed by atoms with Gasteiger partial charge in [0.25, 0.3) is 0 Å². The van der Waals surface area contributed by atoms with Gasteiger partial charge in [0.15, 0.2) is 0 Å². The fourth-order valence-electron chi connectivity index (χ4n) is 1.10. The topological polar surface area (TPSA) is 26.0 Å². The van der Waals surface area contributed by atoms with Gasteiger partial charge in [-0.3, -0.25) is 0 Å². The second-order valence-corrected chi connectivity index (χ2v) is 5.19. The van der Waals surface area contributed by atoms with Gasteiger partial charge in [0.05, 0.1) is 9.70 Å². The van der Waals surface area contributed by atoms with E-state index in [1.807, 2.05) is 12.1 Å². The van der Waals surface area contributed by atoms with Crippen LogP contribution in [0.2, 0.25) is 0 Å². The summed E-state index contributed by atoms with van der Waals surface area (Å²) in [4.78, 5) is 1.01. The molecule has 1 heterocycles. The fraction of sp³-hybridized carbons (Fsp3) is 0. The number of anilines is 1. The lowest BCUT2D eigenvalue weighted by Gasteiger charge is -1.95. The lowest BCUT2D eigenvalue weighted by Crippen LogP contribution is -1.74. The molecule has 2 N–H and O–H groups in total. The number of halogens is 1. The molecule has 12 heavy (non-hydrogen) atoms. The van der Waals surface area contributed by atoms with E-state index in [4.69, 9.17) is 5.73 Å². The molecule has 0 aliphatic rings. The third kappa shape index (κ3) is 1.31. The van der Waals surface area contributed by atoms with E-state index in [0.717, 1.165) is 9.90 Å². The number of thiophene rings is 1. The van der Waals surface area contributed by atoms with Crippen LogP contribution in [0.25, 0.3) is 10.1 Å². The Morgan fingerprint density at radius 3 is 2.83 bits per heavy atom. The standard InChI is InChI=1S/C8H6INS2/c9-5-1-2-6(11)8-4(5)3-7(10)12-8/h1-3,11H,10H2. The molecule has 0 saturated carbocycles. The predicted molar refractivity (Wildman–Crippen MR) is 66.2 cm³/mol. The van der Waals surface area contributed by atoms with Gasteiger partial charge in [0, 0.05) is 13.9 Å². The van der Waals surface area contributed by atoms with Crippen LogP contribution in [0, 0.1) is 3.57 Å². The summed E-state index contributed by atoms with van der Waals surface area (Å²) in [5, 5.41) is 2.06. The van der Waals surface area contributed by atoms with Gasteiger partial charge in [-0.1, -0.05) is 0 Å². The van der Waals surface area contributed by atoms with Crippen molar-refractivity contribution in [3.63, 3.8) is 0 Å². The quantitative estimate of drug-likeness (QED) is 0.566. The molecular weight excluding hydrogens is 301 g/mol. The number of benzene rings is 1. The first-order valence-corrected chi connectivity index (χ1v) is 5.69. The van der Waals surface area contributed by atoms with Crippen LogP contribution in [-0.2, 0) is 0 Å². The number of nitrogen functional groups attached to an aromatic ring is 1. The Balaban J connectivity index is 2.93. The summed E-state index contributed by atoms with van der Waals surface area (Å²) in [6.45, 7) is 0. The average Bonchev–Trinajstić information content (AvgIpc) is 2.41. The zero-order valence-corrected chi connectivity index (χ0v) is 9.91. The van der Waals surface area contributed by atoms with Gasteiger partial charge < -0.3 is 5.73 Å². The van der Waals surface area contributed by atoms with Crippen LogP contribution >= 0.6 is 46.6 Å². The van der Waals surface area contributed by atoms with Crippen LogP contribution in [0.5, 0.6) is 0 Å². The molecule has 0 unspecified atom stereocenters. The highest BCUT2D eigenvalue weighted by molar-refractivity contribution is 14.1. The monoisotopic (exact) mass is 307 g/mol. The summed E-state index contributed by atoms with van der Waals surface area (Å²) < 4.78 is 2.41. The molecule has 0 bridgehead atoms. The molecule has 0 amide bonds. The Kier molecular flexibility index (Phi) is 2.22. The molecule has 1 nitrogen and oxygen atoms in total. The molecule has 0 fully saturated rings. The molecule has 62 valence electrons. The Labute approximate surface area is 93.5 Å². The highest BCUT2D eigenvalue weighted by atomic mass is 127. The minimum absolute atomic E-state index is 0.851. The molecule has 0 aliphatic carbocycles. The number of nitrogens with two attached hydrogens (primary N) is 1. The zero-order chi connectivity index (χ0) is 8.72. The van der Waals surface area contributed by atoms with E-state index in [9.17, 15) is 0 Å². The van der Waals surface area contributed by atoms with E-state index in [1.165, 1.54) is 13.7 Å². The molecule has 0 atom stereocenters. The lowest BCUT2D eigenvalue weighted by atomic mass is 10.3. The molecule has 0 saturated heterocycles. The van der Waals surface area contributed by atoms with Crippen molar-refractivity contribution in [2.75, 3.05) is 5.73 Å². The Bertz CT molecular complexity index is 397. The smallest absolute Gasteiger partial charge is 0.0869 e. The van der Waals surface area contributed by atoms with Crippen LogP contribution in [-0.4, -0.2) is 0 Å². The summed E-state index contributed by atoms with van der Waals surface area (Å²) in [5.41, 5.74) is 5.71. The first kappa shape index (κ1) is 8.65. The van der Waals surface area contributed by atoms with E-state index in [0.29, 0.717) is 0 Å². The number of hydrogen-bond donors (Lipinski definition) is 2. The van der Waals surface area contributed by atoms with Crippen molar-refractivity contribution in [3.8, 4) is 0 Å². The second kappa shape index (κ2) is 3.08. The van der Waals surface area contributed by atoms with Crippen molar-refractivity contribution in [1.82, 2.24) is 0 Å². The van der Waals surface area contributed by atoms with Gasteiger partial charge in [-0.25, -0.2) is 0 Å². The van der Waals surface area contributed by atoms with Crippen molar-refractivity contribution in [2.24, 2.45) is 0 Å². The molecule has 4 heteroatoms. The van der Waals surface area contributed by atoms with E-state index < -0.39 is 0 Å². The molecule has 2 aromatic rings. The van der Waals surface area contributed by atoms with Crippen molar-refractivity contribution >= 4 is 61.6 Å². The van der Waals surface area contributed by atoms with Gasteiger partial charge in [-0.05, 0) is 40.8 Å². The van der Waals surface area contributed by atoms with Crippen LogP contribution in [0.4, 0.5) is 5.00 Å². The molecule has 1 aromatic carbocycles. The average molecular weight is 307 g/mol. The van der Waals surface area contributed by atoms with Crippen molar-refractivity contribution in [1.29, 1.82) is 0 Å². The zero-order valence-electron chi connectivity index (χ0n) is 6.04. The summed E-state index contributed by atoms with van der Waals surface area (Å²) in [5.74, 6) is 0. The van der Waals surface area contributed by atoms with E-state index >= 15 is 0 Å². The van der Waals surface area contributed by atoms with Gasteiger partial charge >= 0.3 is 0 Å². The van der Waals surface area contributed by atoms with Crippen LogP contribution < -0.4 is 5.73 Å². The van der Waals surface area contributed by atoms with Gasteiger partial charge in [-0.15, -0.1) is 24.0 Å². The normalized spacial score (nSPS) is 10.8. The van der Waals surface area contributed by atoms with Crippen molar-refractivity contribution < 1.29 is 0 Å². The summed E-state index contributed by atoms with van der Waals surface area (Å²) in [6.07, 6.45) is 0. The van der Waals surface area contributed by atoms with E-state index in [2.05, 4.69) is 41.3 Å². The Morgan fingerprint density at radius 1 is 1.42 bits per heavy atom. The molecule has 0 radical (unpaired) electrons. The van der Waals surface area contributed by atoms with Crippen molar-refractivity contribution in [2.45, 2.75) is 4.90 Å². The van der Waals surface area contributed by atoms with E-state index in [1.54, 1.807) is 11.3 Å². The molecule has 2 rings (SSSR count). The minimum Gasteiger partial charge on any atom is -0.391 e. The van der Waals surface area contributed by atoms with Crippen molar-refractivity contribution in [3.05, 3.63) is 21.8 Å². The third-order valence-corrected chi connectivity index (χ3v) is 4.09. The largest absolute Gasteiger partial charge is 0.391 e. The van der Waals surface area contributed by atoms with E-state index in [-0.39, 0.29) is 0 Å².